The molecule has 3 nitrogen and oxygen atoms in total. The lowest BCUT2D eigenvalue weighted by molar-refractivity contribution is 0.782. The second-order valence-electron chi connectivity index (χ2n) is 5.42. The molecule has 0 aliphatic rings. The molecule has 3 rings (SSSR count). The summed E-state index contributed by atoms with van der Waals surface area (Å²) in [6.07, 6.45) is 0. The van der Waals surface area contributed by atoms with Crippen molar-refractivity contribution in [2.24, 2.45) is 7.05 Å². The van der Waals surface area contributed by atoms with E-state index in [1.807, 2.05) is 25.2 Å². The van der Waals surface area contributed by atoms with Gasteiger partial charge in [-0.15, -0.1) is 0 Å². The Balaban J connectivity index is 2.29. The van der Waals surface area contributed by atoms with Crippen molar-refractivity contribution in [3.8, 4) is 22.4 Å². The van der Waals surface area contributed by atoms with E-state index in [4.69, 9.17) is 5.73 Å². The minimum atomic E-state index is 0.692. The highest BCUT2D eigenvalue weighted by Crippen LogP contribution is 2.37. The molecule has 0 spiro atoms. The summed E-state index contributed by atoms with van der Waals surface area (Å²) in [5.41, 5.74) is 12.9. The van der Waals surface area contributed by atoms with Crippen LogP contribution >= 0.6 is 0 Å². The summed E-state index contributed by atoms with van der Waals surface area (Å²) in [4.78, 5) is 0. The Morgan fingerprint density at radius 1 is 1.00 bits per heavy atom. The zero-order valence-electron chi connectivity index (χ0n) is 12.6. The smallest absolute Gasteiger partial charge is 0.129 e. The lowest BCUT2D eigenvalue weighted by Gasteiger charge is -2.08. The third-order valence-electron chi connectivity index (χ3n) is 3.80. The minimum Gasteiger partial charge on any atom is -0.383 e. The monoisotopic (exact) mass is 277 g/mol. The fourth-order valence-electron chi connectivity index (χ4n) is 2.61. The second kappa shape index (κ2) is 5.09. The molecule has 0 radical (unpaired) electrons. The summed E-state index contributed by atoms with van der Waals surface area (Å²) in [7, 11) is 1.89. The van der Waals surface area contributed by atoms with Gasteiger partial charge >= 0.3 is 0 Å². The molecule has 0 aliphatic carbocycles. The Morgan fingerprint density at radius 3 is 2.43 bits per heavy atom. The maximum atomic E-state index is 6.26. The summed E-state index contributed by atoms with van der Waals surface area (Å²) >= 11 is 0. The molecule has 0 atom stereocenters. The van der Waals surface area contributed by atoms with Crippen molar-refractivity contribution >= 4 is 5.82 Å². The molecule has 0 amide bonds. The van der Waals surface area contributed by atoms with Gasteiger partial charge in [-0.05, 0) is 31.0 Å². The molecular formula is C18H19N3. The number of nitrogens with zero attached hydrogens (tertiary/aromatic N) is 2. The van der Waals surface area contributed by atoms with E-state index in [0.717, 1.165) is 22.4 Å². The molecule has 0 unspecified atom stereocenters. The molecule has 21 heavy (non-hydrogen) atoms. The number of rotatable bonds is 2. The van der Waals surface area contributed by atoms with Crippen LogP contribution in [0.3, 0.4) is 0 Å². The van der Waals surface area contributed by atoms with E-state index >= 15 is 0 Å². The molecule has 0 bridgehead atoms. The van der Waals surface area contributed by atoms with Crippen LogP contribution in [0.5, 0.6) is 0 Å². The molecular weight excluding hydrogens is 258 g/mol. The average molecular weight is 277 g/mol. The van der Waals surface area contributed by atoms with Crippen molar-refractivity contribution < 1.29 is 0 Å². The number of hydrogen-bond acceptors (Lipinski definition) is 2. The molecule has 1 aromatic heterocycles. The molecule has 0 fully saturated rings. The van der Waals surface area contributed by atoms with E-state index in [1.165, 1.54) is 11.1 Å². The van der Waals surface area contributed by atoms with Crippen LogP contribution in [0.2, 0.25) is 0 Å². The first-order valence-corrected chi connectivity index (χ1v) is 7.03. The van der Waals surface area contributed by atoms with Crippen molar-refractivity contribution in [1.29, 1.82) is 0 Å². The van der Waals surface area contributed by atoms with Gasteiger partial charge in [-0.2, -0.15) is 5.10 Å². The number of anilines is 1. The fourth-order valence-corrected chi connectivity index (χ4v) is 2.61. The van der Waals surface area contributed by atoms with Gasteiger partial charge in [0, 0.05) is 12.6 Å². The van der Waals surface area contributed by atoms with Crippen LogP contribution in [0.1, 0.15) is 11.1 Å². The predicted molar refractivity (Wildman–Crippen MR) is 88.0 cm³/mol. The first-order chi connectivity index (χ1) is 10.1. The summed E-state index contributed by atoms with van der Waals surface area (Å²) in [5, 5.41) is 4.65. The van der Waals surface area contributed by atoms with Crippen molar-refractivity contribution in [2.75, 3.05) is 5.73 Å². The highest BCUT2D eigenvalue weighted by Gasteiger charge is 2.18. The van der Waals surface area contributed by atoms with Crippen LogP contribution in [-0.2, 0) is 7.05 Å². The molecule has 0 aliphatic heterocycles. The van der Waals surface area contributed by atoms with Crippen molar-refractivity contribution in [1.82, 2.24) is 9.78 Å². The number of aromatic nitrogens is 2. The number of benzene rings is 2. The van der Waals surface area contributed by atoms with Gasteiger partial charge in [0.25, 0.3) is 0 Å². The summed E-state index contributed by atoms with van der Waals surface area (Å²) in [6, 6.07) is 16.6. The summed E-state index contributed by atoms with van der Waals surface area (Å²) in [5.74, 6) is 0.692. The minimum absolute atomic E-state index is 0.692. The van der Waals surface area contributed by atoms with Crippen LogP contribution in [0.25, 0.3) is 22.4 Å². The quantitative estimate of drug-likeness (QED) is 0.770. The number of hydrogen-bond donors (Lipinski definition) is 1. The molecule has 106 valence electrons. The maximum absolute atomic E-state index is 6.26. The van der Waals surface area contributed by atoms with Crippen LogP contribution in [-0.4, -0.2) is 9.78 Å². The molecule has 2 N–H and O–H groups in total. The molecule has 0 saturated heterocycles. The first kappa shape index (κ1) is 13.4. The van der Waals surface area contributed by atoms with E-state index in [9.17, 15) is 0 Å². The predicted octanol–water partition coefficient (Wildman–Crippen LogP) is 3.95. The van der Waals surface area contributed by atoms with E-state index in [-0.39, 0.29) is 0 Å². The van der Waals surface area contributed by atoms with Gasteiger partial charge < -0.3 is 5.73 Å². The lowest BCUT2D eigenvalue weighted by Crippen LogP contribution is -1.97. The summed E-state index contributed by atoms with van der Waals surface area (Å²) in [6.45, 7) is 4.20. The van der Waals surface area contributed by atoms with Gasteiger partial charge in [0.15, 0.2) is 0 Å². The van der Waals surface area contributed by atoms with E-state index in [1.54, 1.807) is 4.68 Å². The van der Waals surface area contributed by atoms with Gasteiger partial charge in [0.1, 0.15) is 11.5 Å². The SMILES string of the molecule is Cc1ccc(C)c(-c2nn(C)c(N)c2-c2ccccc2)c1. The number of nitrogens with two attached hydrogens (primary N) is 1. The molecule has 2 aromatic carbocycles. The Bertz CT molecular complexity index is 786. The van der Waals surface area contributed by atoms with Gasteiger partial charge in [-0.25, -0.2) is 0 Å². The van der Waals surface area contributed by atoms with Gasteiger partial charge in [0.05, 0.1) is 5.56 Å². The lowest BCUT2D eigenvalue weighted by atomic mass is 9.96. The Morgan fingerprint density at radius 2 is 1.71 bits per heavy atom. The Hall–Kier alpha value is -2.55. The van der Waals surface area contributed by atoms with Crippen LogP contribution in [0.15, 0.2) is 48.5 Å². The second-order valence-corrected chi connectivity index (χ2v) is 5.42. The van der Waals surface area contributed by atoms with Crippen molar-refractivity contribution in [2.45, 2.75) is 13.8 Å². The zero-order valence-corrected chi connectivity index (χ0v) is 12.6. The topological polar surface area (TPSA) is 43.8 Å². The molecule has 1 heterocycles. The average Bonchev–Trinajstić information content (AvgIpc) is 2.78. The molecule has 0 saturated carbocycles. The number of aryl methyl sites for hydroxylation is 3. The number of nitrogen functional groups attached to an aromatic ring is 1. The highest BCUT2D eigenvalue weighted by molar-refractivity contribution is 5.89. The third-order valence-corrected chi connectivity index (χ3v) is 3.80. The van der Waals surface area contributed by atoms with Crippen LogP contribution in [0.4, 0.5) is 5.82 Å². The van der Waals surface area contributed by atoms with E-state index in [2.05, 4.69) is 49.3 Å². The van der Waals surface area contributed by atoms with Crippen molar-refractivity contribution in [3.63, 3.8) is 0 Å². The standard InChI is InChI=1S/C18H19N3/c1-12-9-10-13(2)15(11-12)17-16(18(19)21(3)20-17)14-7-5-4-6-8-14/h4-11H,19H2,1-3H3. The molecule has 3 heteroatoms. The fraction of sp³-hybridized carbons (Fsp3) is 0.167. The van der Waals surface area contributed by atoms with Gasteiger partial charge in [0.2, 0.25) is 0 Å². The van der Waals surface area contributed by atoms with E-state index in [0.29, 0.717) is 5.82 Å². The van der Waals surface area contributed by atoms with Gasteiger partial charge in [-0.3, -0.25) is 4.68 Å². The Kier molecular flexibility index (Phi) is 3.26. The first-order valence-electron chi connectivity index (χ1n) is 7.03. The Labute approximate surface area is 125 Å². The highest BCUT2D eigenvalue weighted by atomic mass is 15.3. The third kappa shape index (κ3) is 2.31. The zero-order chi connectivity index (χ0) is 15.0. The van der Waals surface area contributed by atoms with Crippen LogP contribution in [0, 0.1) is 13.8 Å². The molecule has 3 aromatic rings. The van der Waals surface area contributed by atoms with Crippen LogP contribution < -0.4 is 5.73 Å². The largest absolute Gasteiger partial charge is 0.383 e. The maximum Gasteiger partial charge on any atom is 0.129 e. The summed E-state index contributed by atoms with van der Waals surface area (Å²) < 4.78 is 1.75. The normalized spacial score (nSPS) is 10.8. The van der Waals surface area contributed by atoms with E-state index < -0.39 is 0 Å². The van der Waals surface area contributed by atoms with Gasteiger partial charge in [-0.1, -0.05) is 48.0 Å². The van der Waals surface area contributed by atoms with Crippen molar-refractivity contribution in [3.05, 3.63) is 59.7 Å².